The largest absolute Gasteiger partial charge is 0.495 e. The Bertz CT molecular complexity index is 869. The quantitative estimate of drug-likeness (QED) is 0.522. The van der Waals surface area contributed by atoms with E-state index in [-0.39, 0.29) is 24.7 Å². The molecule has 7 nitrogen and oxygen atoms in total. The van der Waals surface area contributed by atoms with Gasteiger partial charge in [0.1, 0.15) is 11.5 Å². The number of hydrogen-bond acceptors (Lipinski definition) is 5. The van der Waals surface area contributed by atoms with E-state index < -0.39 is 0 Å². The van der Waals surface area contributed by atoms with Crippen LogP contribution in [0.25, 0.3) is 0 Å². The van der Waals surface area contributed by atoms with Gasteiger partial charge < -0.3 is 14.8 Å². The highest BCUT2D eigenvalue weighted by Gasteiger charge is 2.13. The third-order valence-corrected chi connectivity index (χ3v) is 4.04. The minimum absolute atomic E-state index is 0.000285. The average Bonchev–Trinajstić information content (AvgIpc) is 2.68. The summed E-state index contributed by atoms with van der Waals surface area (Å²) in [5.74, 6) is 0.248. The van der Waals surface area contributed by atoms with Gasteiger partial charge in [-0.15, -0.1) is 0 Å². The maximum atomic E-state index is 12.3. The molecule has 2 aromatic rings. The van der Waals surface area contributed by atoms with Crippen LogP contribution in [0.5, 0.6) is 11.5 Å². The number of ether oxygens (including phenoxy) is 2. The number of halogens is 1. The van der Waals surface area contributed by atoms with E-state index in [1.165, 1.54) is 14.2 Å². The first-order valence-electron chi connectivity index (χ1n) is 8.50. The SMILES string of the molecule is COc1cc(NC(=O)CC(C)=NNC(=O)Cc2ccccc2)c(OC)cc1Cl. The van der Waals surface area contributed by atoms with Crippen molar-refractivity contribution < 1.29 is 19.1 Å². The molecule has 28 heavy (non-hydrogen) atoms. The summed E-state index contributed by atoms with van der Waals surface area (Å²) in [4.78, 5) is 24.2. The molecule has 0 bridgehead atoms. The summed E-state index contributed by atoms with van der Waals surface area (Å²) in [6.07, 6.45) is 0.214. The second-order valence-electron chi connectivity index (χ2n) is 5.96. The number of amides is 2. The van der Waals surface area contributed by atoms with E-state index >= 15 is 0 Å². The van der Waals surface area contributed by atoms with E-state index in [9.17, 15) is 9.59 Å². The Balaban J connectivity index is 1.93. The average molecular weight is 404 g/mol. The fourth-order valence-corrected chi connectivity index (χ4v) is 2.63. The minimum atomic E-state index is -0.318. The summed E-state index contributed by atoms with van der Waals surface area (Å²) in [7, 11) is 2.96. The first-order chi connectivity index (χ1) is 13.4. The molecule has 0 saturated heterocycles. The van der Waals surface area contributed by atoms with Crippen molar-refractivity contribution >= 4 is 34.8 Å². The Labute approximate surface area is 168 Å². The van der Waals surface area contributed by atoms with E-state index in [4.69, 9.17) is 21.1 Å². The molecule has 0 fully saturated rings. The summed E-state index contributed by atoms with van der Waals surface area (Å²) in [5.41, 5.74) is 4.22. The molecule has 8 heteroatoms. The van der Waals surface area contributed by atoms with Crippen LogP contribution in [-0.2, 0) is 16.0 Å². The summed E-state index contributed by atoms with van der Waals surface area (Å²) >= 11 is 6.05. The number of carbonyl (C=O) groups excluding carboxylic acids is 2. The van der Waals surface area contributed by atoms with Gasteiger partial charge in [-0.3, -0.25) is 9.59 Å². The molecule has 0 aliphatic heterocycles. The maximum absolute atomic E-state index is 12.3. The van der Waals surface area contributed by atoms with Crippen LogP contribution in [0.1, 0.15) is 18.9 Å². The second-order valence-corrected chi connectivity index (χ2v) is 6.36. The number of hydrazone groups is 1. The van der Waals surface area contributed by atoms with Gasteiger partial charge in [0.2, 0.25) is 11.8 Å². The van der Waals surface area contributed by atoms with Crippen LogP contribution in [0.3, 0.4) is 0 Å². The lowest BCUT2D eigenvalue weighted by molar-refractivity contribution is -0.120. The third-order valence-electron chi connectivity index (χ3n) is 3.74. The highest BCUT2D eigenvalue weighted by Crippen LogP contribution is 2.35. The molecule has 2 aromatic carbocycles. The molecular formula is C20H22ClN3O4. The van der Waals surface area contributed by atoms with Crippen LogP contribution in [0.2, 0.25) is 5.02 Å². The van der Waals surface area contributed by atoms with Crippen LogP contribution in [-0.4, -0.2) is 31.7 Å². The van der Waals surface area contributed by atoms with Gasteiger partial charge in [-0.25, -0.2) is 5.43 Å². The van der Waals surface area contributed by atoms with Gasteiger partial charge in [-0.2, -0.15) is 5.10 Å². The van der Waals surface area contributed by atoms with Crippen LogP contribution in [0.15, 0.2) is 47.6 Å². The van der Waals surface area contributed by atoms with Crippen molar-refractivity contribution in [2.75, 3.05) is 19.5 Å². The zero-order valence-corrected chi connectivity index (χ0v) is 16.7. The van der Waals surface area contributed by atoms with Crippen molar-refractivity contribution in [1.29, 1.82) is 0 Å². The number of nitrogens with zero attached hydrogens (tertiary/aromatic N) is 1. The summed E-state index contributed by atoms with van der Waals surface area (Å²) in [6, 6.07) is 12.5. The van der Waals surface area contributed by atoms with Crippen molar-refractivity contribution in [3.05, 3.63) is 53.1 Å². The molecule has 0 spiro atoms. The Kier molecular flexibility index (Phi) is 7.83. The van der Waals surface area contributed by atoms with Crippen LogP contribution >= 0.6 is 11.6 Å². The lowest BCUT2D eigenvalue weighted by Crippen LogP contribution is -2.23. The highest BCUT2D eigenvalue weighted by molar-refractivity contribution is 6.32. The van der Waals surface area contributed by atoms with Gasteiger partial charge in [0.15, 0.2) is 0 Å². The van der Waals surface area contributed by atoms with Gasteiger partial charge in [0.25, 0.3) is 0 Å². The first kappa shape index (κ1) is 21.2. The molecule has 0 atom stereocenters. The van der Waals surface area contributed by atoms with Gasteiger partial charge in [-0.1, -0.05) is 41.9 Å². The Morgan fingerprint density at radius 1 is 1.04 bits per heavy atom. The second kappa shape index (κ2) is 10.3. The molecule has 2 amide bonds. The minimum Gasteiger partial charge on any atom is -0.495 e. The van der Waals surface area contributed by atoms with E-state index in [2.05, 4.69) is 15.8 Å². The molecular weight excluding hydrogens is 382 g/mol. The Hall–Kier alpha value is -3.06. The van der Waals surface area contributed by atoms with Crippen LogP contribution < -0.4 is 20.2 Å². The van der Waals surface area contributed by atoms with Gasteiger partial charge >= 0.3 is 0 Å². The Morgan fingerprint density at radius 3 is 2.36 bits per heavy atom. The molecule has 0 aromatic heterocycles. The van der Waals surface area contributed by atoms with Crippen molar-refractivity contribution in [3.63, 3.8) is 0 Å². The fraction of sp³-hybridized carbons (Fsp3) is 0.250. The van der Waals surface area contributed by atoms with E-state index in [1.54, 1.807) is 19.1 Å². The van der Waals surface area contributed by atoms with Gasteiger partial charge in [0.05, 0.1) is 37.8 Å². The topological polar surface area (TPSA) is 89.0 Å². The number of anilines is 1. The molecule has 0 saturated carbocycles. The standard InChI is InChI=1S/C20H22ClN3O4/c1-13(23-24-20(26)10-14-7-5-4-6-8-14)9-19(25)22-16-12-17(27-2)15(21)11-18(16)28-3/h4-8,11-12H,9-10H2,1-3H3,(H,22,25)(H,24,26). The van der Waals surface area contributed by atoms with Gasteiger partial charge in [0, 0.05) is 17.8 Å². The monoisotopic (exact) mass is 403 g/mol. The summed E-state index contributed by atoms with van der Waals surface area (Å²) < 4.78 is 10.4. The molecule has 2 rings (SSSR count). The molecule has 0 unspecified atom stereocenters. The Morgan fingerprint density at radius 2 is 1.71 bits per heavy atom. The molecule has 0 aliphatic rings. The highest BCUT2D eigenvalue weighted by atomic mass is 35.5. The number of rotatable bonds is 8. The third kappa shape index (κ3) is 6.28. The van der Waals surface area contributed by atoms with E-state index in [0.29, 0.717) is 27.9 Å². The van der Waals surface area contributed by atoms with E-state index in [1.807, 2.05) is 30.3 Å². The lowest BCUT2D eigenvalue weighted by Gasteiger charge is -2.13. The van der Waals surface area contributed by atoms with Crippen LogP contribution in [0, 0.1) is 0 Å². The number of nitrogens with one attached hydrogen (secondary N) is 2. The lowest BCUT2D eigenvalue weighted by atomic mass is 10.1. The number of methoxy groups -OCH3 is 2. The van der Waals surface area contributed by atoms with Crippen LogP contribution in [0.4, 0.5) is 5.69 Å². The predicted molar refractivity (Wildman–Crippen MR) is 109 cm³/mol. The van der Waals surface area contributed by atoms with Crippen molar-refractivity contribution in [3.8, 4) is 11.5 Å². The molecule has 148 valence electrons. The number of carbonyl (C=O) groups is 2. The van der Waals surface area contributed by atoms with E-state index in [0.717, 1.165) is 5.56 Å². The predicted octanol–water partition coefficient (Wildman–Crippen LogP) is 3.42. The molecule has 0 radical (unpaired) electrons. The zero-order valence-electron chi connectivity index (χ0n) is 15.9. The summed E-state index contributed by atoms with van der Waals surface area (Å²) in [5, 5.41) is 7.07. The molecule has 2 N–H and O–H groups in total. The van der Waals surface area contributed by atoms with Crippen molar-refractivity contribution in [2.45, 2.75) is 19.8 Å². The van der Waals surface area contributed by atoms with Gasteiger partial charge in [-0.05, 0) is 12.5 Å². The number of benzene rings is 2. The smallest absolute Gasteiger partial charge is 0.244 e. The molecule has 0 aliphatic carbocycles. The number of hydrogen-bond donors (Lipinski definition) is 2. The fourth-order valence-electron chi connectivity index (χ4n) is 2.40. The first-order valence-corrected chi connectivity index (χ1v) is 8.88. The zero-order chi connectivity index (χ0) is 20.5. The normalized spacial score (nSPS) is 10.9. The molecule has 0 heterocycles. The van der Waals surface area contributed by atoms with Crippen molar-refractivity contribution in [1.82, 2.24) is 5.43 Å². The summed E-state index contributed by atoms with van der Waals surface area (Å²) in [6.45, 7) is 1.65. The maximum Gasteiger partial charge on any atom is 0.244 e. The van der Waals surface area contributed by atoms with Crippen molar-refractivity contribution in [2.24, 2.45) is 5.10 Å².